The first-order valence-corrected chi connectivity index (χ1v) is 8.50. The summed E-state index contributed by atoms with van der Waals surface area (Å²) >= 11 is 1.73. The predicted molar refractivity (Wildman–Crippen MR) is 84.9 cm³/mol. The maximum absolute atomic E-state index is 13.0. The summed E-state index contributed by atoms with van der Waals surface area (Å²) in [6, 6.07) is 4.35. The van der Waals surface area contributed by atoms with Crippen molar-refractivity contribution in [2.45, 2.75) is 45.6 Å². The van der Waals surface area contributed by atoms with Gasteiger partial charge in [0.05, 0.1) is 11.5 Å². The van der Waals surface area contributed by atoms with Crippen LogP contribution in [0.5, 0.6) is 0 Å². The largest absolute Gasteiger partial charge is 0.338 e. The van der Waals surface area contributed by atoms with Crippen LogP contribution in [0.4, 0.5) is 0 Å². The number of rotatable bonds is 5. The van der Waals surface area contributed by atoms with E-state index in [0.29, 0.717) is 5.91 Å². The molecule has 1 saturated heterocycles. The van der Waals surface area contributed by atoms with Gasteiger partial charge in [-0.25, -0.2) is 0 Å². The van der Waals surface area contributed by atoms with E-state index in [4.69, 9.17) is 0 Å². The molecule has 4 heteroatoms. The first kappa shape index (κ1) is 15.5. The molecule has 1 aromatic heterocycles. The highest BCUT2D eigenvalue weighted by molar-refractivity contribution is 7.10. The predicted octanol–water partition coefficient (Wildman–Crippen LogP) is 3.44. The molecule has 0 aliphatic carbocycles. The molecular weight excluding hydrogens is 268 g/mol. The van der Waals surface area contributed by atoms with Crippen LogP contribution >= 0.6 is 11.3 Å². The molecular formula is C16H26N2OS. The van der Waals surface area contributed by atoms with Crippen molar-refractivity contribution in [1.29, 1.82) is 0 Å². The number of piperidine rings is 1. The number of hydrogen-bond acceptors (Lipinski definition) is 3. The summed E-state index contributed by atoms with van der Waals surface area (Å²) in [4.78, 5) is 16.3. The van der Waals surface area contributed by atoms with E-state index in [-0.39, 0.29) is 11.5 Å². The van der Waals surface area contributed by atoms with E-state index >= 15 is 0 Å². The Hall–Kier alpha value is -0.870. The van der Waals surface area contributed by atoms with E-state index in [0.717, 1.165) is 38.8 Å². The van der Waals surface area contributed by atoms with Gasteiger partial charge in [0.15, 0.2) is 0 Å². The minimum absolute atomic E-state index is 0.139. The lowest BCUT2D eigenvalue weighted by atomic mass is 9.74. The first-order chi connectivity index (χ1) is 9.60. The Bertz CT molecular complexity index is 418. The Morgan fingerprint density at radius 3 is 2.75 bits per heavy atom. The molecule has 2 rings (SSSR count). The fourth-order valence-electron chi connectivity index (χ4n) is 3.22. The second-order valence-corrected chi connectivity index (χ2v) is 6.87. The molecule has 3 nitrogen and oxygen atoms in total. The molecule has 1 atom stereocenters. The van der Waals surface area contributed by atoms with E-state index in [1.54, 1.807) is 11.3 Å². The lowest BCUT2D eigenvalue weighted by Crippen LogP contribution is -2.48. The summed E-state index contributed by atoms with van der Waals surface area (Å²) in [6.45, 7) is 6.24. The van der Waals surface area contributed by atoms with Crippen molar-refractivity contribution < 1.29 is 4.79 Å². The summed E-state index contributed by atoms with van der Waals surface area (Å²) in [6.07, 6.45) is 4.03. The van der Waals surface area contributed by atoms with Crippen LogP contribution < -0.4 is 5.32 Å². The zero-order valence-electron chi connectivity index (χ0n) is 12.8. The molecule has 112 valence electrons. The first-order valence-electron chi connectivity index (χ1n) is 7.62. The van der Waals surface area contributed by atoms with Gasteiger partial charge in [0, 0.05) is 11.9 Å². The Morgan fingerprint density at radius 2 is 2.20 bits per heavy atom. The molecule has 1 aromatic rings. The smallest absolute Gasteiger partial charge is 0.229 e. The van der Waals surface area contributed by atoms with Crippen molar-refractivity contribution in [2.24, 2.45) is 5.41 Å². The van der Waals surface area contributed by atoms with Crippen molar-refractivity contribution in [1.82, 2.24) is 10.2 Å². The number of carbonyl (C=O) groups is 1. The maximum atomic E-state index is 13.0. The zero-order chi connectivity index (χ0) is 14.6. The minimum atomic E-state index is -0.139. The van der Waals surface area contributed by atoms with Gasteiger partial charge >= 0.3 is 0 Å². The average Bonchev–Trinajstić information content (AvgIpc) is 3.00. The lowest BCUT2D eigenvalue weighted by Gasteiger charge is -2.40. The molecule has 1 aliphatic heterocycles. The zero-order valence-corrected chi connectivity index (χ0v) is 13.6. The highest BCUT2D eigenvalue weighted by Crippen LogP contribution is 2.38. The molecule has 0 aromatic carbocycles. The molecule has 1 N–H and O–H groups in total. The van der Waals surface area contributed by atoms with Crippen molar-refractivity contribution in [3.63, 3.8) is 0 Å². The van der Waals surface area contributed by atoms with Gasteiger partial charge in [-0.2, -0.15) is 0 Å². The van der Waals surface area contributed by atoms with Gasteiger partial charge in [0.25, 0.3) is 0 Å². The molecule has 0 bridgehead atoms. The Labute approximate surface area is 126 Å². The number of amides is 1. The van der Waals surface area contributed by atoms with E-state index in [9.17, 15) is 4.79 Å². The van der Waals surface area contributed by atoms with E-state index in [1.165, 1.54) is 4.88 Å². The van der Waals surface area contributed by atoms with Crippen molar-refractivity contribution in [3.8, 4) is 0 Å². The molecule has 20 heavy (non-hydrogen) atoms. The van der Waals surface area contributed by atoms with Gasteiger partial charge < -0.3 is 10.2 Å². The van der Waals surface area contributed by atoms with Gasteiger partial charge in [-0.1, -0.05) is 19.4 Å². The molecule has 0 saturated carbocycles. The molecule has 1 amide bonds. The normalized spacial score (nSPS) is 19.6. The van der Waals surface area contributed by atoms with Gasteiger partial charge in [-0.3, -0.25) is 4.79 Å². The van der Waals surface area contributed by atoms with Crippen LogP contribution in [0.25, 0.3) is 0 Å². The standard InChI is InChI=1S/C16H26N2OS/c1-4-7-16(8-10-17-11-9-16)15(19)18(3)13(2)14-6-5-12-20-14/h5-6,12-13,17H,4,7-11H2,1-3H3. The number of carbonyl (C=O) groups excluding carboxylic acids is 1. The monoisotopic (exact) mass is 294 g/mol. The number of nitrogens with one attached hydrogen (secondary N) is 1. The Kier molecular flexibility index (Phi) is 5.22. The summed E-state index contributed by atoms with van der Waals surface area (Å²) in [5, 5.41) is 5.46. The minimum Gasteiger partial charge on any atom is -0.338 e. The van der Waals surface area contributed by atoms with Gasteiger partial charge in [-0.05, 0) is 50.7 Å². The van der Waals surface area contributed by atoms with Crippen LogP contribution in [0, 0.1) is 5.41 Å². The van der Waals surface area contributed by atoms with Crippen LogP contribution in [0.3, 0.4) is 0 Å². The summed E-state index contributed by atoms with van der Waals surface area (Å²) in [7, 11) is 1.96. The van der Waals surface area contributed by atoms with Crippen LogP contribution in [0.15, 0.2) is 17.5 Å². The van der Waals surface area contributed by atoms with E-state index in [2.05, 4.69) is 36.7 Å². The third kappa shape index (κ3) is 3.07. The summed E-state index contributed by atoms with van der Waals surface area (Å²) < 4.78 is 0. The van der Waals surface area contributed by atoms with Crippen LogP contribution in [0.1, 0.15) is 50.4 Å². The third-order valence-corrected chi connectivity index (χ3v) is 5.64. The van der Waals surface area contributed by atoms with Crippen molar-refractivity contribution in [3.05, 3.63) is 22.4 Å². The second kappa shape index (κ2) is 6.72. The van der Waals surface area contributed by atoms with Crippen LogP contribution in [-0.2, 0) is 4.79 Å². The molecule has 2 heterocycles. The molecule has 1 fully saturated rings. The highest BCUT2D eigenvalue weighted by Gasteiger charge is 2.41. The highest BCUT2D eigenvalue weighted by atomic mass is 32.1. The van der Waals surface area contributed by atoms with Crippen LogP contribution in [-0.4, -0.2) is 30.9 Å². The Morgan fingerprint density at radius 1 is 1.50 bits per heavy atom. The molecule has 1 aliphatic rings. The summed E-state index contributed by atoms with van der Waals surface area (Å²) in [5.74, 6) is 0.335. The average molecular weight is 294 g/mol. The summed E-state index contributed by atoms with van der Waals surface area (Å²) in [5.41, 5.74) is -0.139. The maximum Gasteiger partial charge on any atom is 0.229 e. The number of hydrogen-bond donors (Lipinski definition) is 1. The molecule has 0 spiro atoms. The quantitative estimate of drug-likeness (QED) is 0.902. The van der Waals surface area contributed by atoms with Gasteiger partial charge in [0.1, 0.15) is 0 Å². The van der Waals surface area contributed by atoms with E-state index in [1.807, 2.05) is 11.9 Å². The molecule has 0 radical (unpaired) electrons. The SMILES string of the molecule is CCCC1(C(=O)N(C)C(C)c2cccs2)CCNCC1. The number of thiophene rings is 1. The Balaban J connectivity index is 2.14. The lowest BCUT2D eigenvalue weighted by molar-refractivity contribution is -0.145. The van der Waals surface area contributed by atoms with E-state index < -0.39 is 0 Å². The van der Waals surface area contributed by atoms with Crippen LogP contribution in [0.2, 0.25) is 0 Å². The van der Waals surface area contributed by atoms with Crippen molar-refractivity contribution in [2.75, 3.05) is 20.1 Å². The second-order valence-electron chi connectivity index (χ2n) is 5.89. The van der Waals surface area contributed by atoms with Gasteiger partial charge in [0.2, 0.25) is 5.91 Å². The number of nitrogens with zero attached hydrogens (tertiary/aromatic N) is 1. The third-order valence-electron chi connectivity index (χ3n) is 4.60. The fraction of sp³-hybridized carbons (Fsp3) is 0.688. The molecule has 1 unspecified atom stereocenters. The van der Waals surface area contributed by atoms with Crippen molar-refractivity contribution >= 4 is 17.2 Å². The fourth-order valence-corrected chi connectivity index (χ4v) is 4.05. The topological polar surface area (TPSA) is 32.3 Å². The van der Waals surface area contributed by atoms with Gasteiger partial charge in [-0.15, -0.1) is 11.3 Å².